The molecule has 0 atom stereocenters. The topological polar surface area (TPSA) is 71.3 Å². The van der Waals surface area contributed by atoms with Crippen LogP contribution < -0.4 is 14.8 Å². The average molecular weight is 566 g/mol. The molecule has 35 heavy (non-hydrogen) atoms. The van der Waals surface area contributed by atoms with E-state index in [4.69, 9.17) is 21.1 Å². The second-order valence-corrected chi connectivity index (χ2v) is 8.37. The molecule has 1 amide bonds. The van der Waals surface area contributed by atoms with Crippen molar-refractivity contribution in [3.63, 3.8) is 0 Å². The van der Waals surface area contributed by atoms with E-state index in [2.05, 4.69) is 21.2 Å². The lowest BCUT2D eigenvalue weighted by atomic mass is 10.1. The van der Waals surface area contributed by atoms with Gasteiger partial charge in [-0.05, 0) is 48.0 Å². The second-order valence-electron chi connectivity index (χ2n) is 7.11. The van der Waals surface area contributed by atoms with Gasteiger partial charge in [0.15, 0.2) is 11.5 Å². The van der Waals surface area contributed by atoms with Gasteiger partial charge in [-0.3, -0.25) is 4.79 Å². The summed E-state index contributed by atoms with van der Waals surface area (Å²) >= 11 is 9.54. The molecule has 3 aromatic carbocycles. The Kier molecular flexibility index (Phi) is 8.43. The first kappa shape index (κ1) is 26.1. The van der Waals surface area contributed by atoms with Crippen LogP contribution in [0.1, 0.15) is 16.7 Å². The summed E-state index contributed by atoms with van der Waals surface area (Å²) in [6.45, 7) is 0.181. The lowest BCUT2D eigenvalue weighted by molar-refractivity contribution is -0.137. The second kappa shape index (κ2) is 11.3. The molecule has 180 valence electrons. The molecule has 5 nitrogen and oxygen atoms in total. The molecule has 0 heterocycles. The van der Waals surface area contributed by atoms with Crippen LogP contribution in [0.5, 0.6) is 11.5 Å². The lowest BCUT2D eigenvalue weighted by Crippen LogP contribution is -2.14. The number of nitrogens with zero attached hydrogens (tertiary/aromatic N) is 1. The molecule has 3 aromatic rings. The van der Waals surface area contributed by atoms with Crippen LogP contribution >= 0.6 is 27.5 Å². The predicted octanol–water partition coefficient (Wildman–Crippen LogP) is 7.25. The molecule has 0 saturated heterocycles. The molecule has 0 aliphatic carbocycles. The number of hydrogen-bond donors (Lipinski definition) is 1. The molecule has 0 spiro atoms. The van der Waals surface area contributed by atoms with Crippen molar-refractivity contribution in [2.45, 2.75) is 12.8 Å². The van der Waals surface area contributed by atoms with Crippen molar-refractivity contribution in [3.05, 3.63) is 92.4 Å². The van der Waals surface area contributed by atoms with Gasteiger partial charge >= 0.3 is 6.18 Å². The van der Waals surface area contributed by atoms with Gasteiger partial charge in [0.2, 0.25) is 0 Å². The van der Waals surface area contributed by atoms with Crippen LogP contribution in [0.4, 0.5) is 18.9 Å². The van der Waals surface area contributed by atoms with E-state index in [1.54, 1.807) is 30.3 Å². The number of methoxy groups -OCH3 is 1. The van der Waals surface area contributed by atoms with Crippen molar-refractivity contribution in [3.8, 4) is 17.6 Å². The highest BCUT2D eigenvalue weighted by Gasteiger charge is 2.30. The number of rotatable bonds is 7. The summed E-state index contributed by atoms with van der Waals surface area (Å²) < 4.78 is 50.5. The van der Waals surface area contributed by atoms with Crippen molar-refractivity contribution >= 4 is 45.2 Å². The van der Waals surface area contributed by atoms with Gasteiger partial charge in [0.25, 0.3) is 5.91 Å². The molecule has 0 bridgehead atoms. The van der Waals surface area contributed by atoms with Crippen molar-refractivity contribution in [1.82, 2.24) is 0 Å². The smallest absolute Gasteiger partial charge is 0.416 e. The minimum atomic E-state index is -4.56. The number of alkyl halides is 3. The third-order valence-electron chi connectivity index (χ3n) is 4.74. The average Bonchev–Trinajstić information content (AvgIpc) is 2.82. The summed E-state index contributed by atoms with van der Waals surface area (Å²) in [5.74, 6) is -0.137. The Balaban J connectivity index is 1.83. The molecule has 0 aliphatic heterocycles. The summed E-state index contributed by atoms with van der Waals surface area (Å²) in [5, 5.41) is 12.4. The van der Waals surface area contributed by atoms with E-state index < -0.39 is 17.6 Å². The van der Waals surface area contributed by atoms with Gasteiger partial charge in [-0.1, -0.05) is 51.8 Å². The third kappa shape index (κ3) is 6.78. The third-order valence-corrected chi connectivity index (χ3v) is 5.79. The SMILES string of the molecule is COc1cc(/C=C(/C#N)C(=O)Nc2cccc(C(F)(F)F)c2)c(Br)cc1OCc1ccccc1Cl. The van der Waals surface area contributed by atoms with E-state index >= 15 is 0 Å². The first-order valence-electron chi connectivity index (χ1n) is 9.96. The summed E-state index contributed by atoms with van der Waals surface area (Å²) in [4.78, 5) is 12.6. The number of nitrogens with one attached hydrogen (secondary N) is 1. The predicted molar refractivity (Wildman–Crippen MR) is 130 cm³/mol. The van der Waals surface area contributed by atoms with Crippen LogP contribution in [-0.4, -0.2) is 13.0 Å². The van der Waals surface area contributed by atoms with Gasteiger partial charge in [0, 0.05) is 20.7 Å². The summed E-state index contributed by atoms with van der Waals surface area (Å²) in [5.41, 5.74) is -0.143. The van der Waals surface area contributed by atoms with Crippen molar-refractivity contribution in [2.75, 3.05) is 12.4 Å². The van der Waals surface area contributed by atoms with Gasteiger partial charge in [0.1, 0.15) is 18.2 Å². The summed E-state index contributed by atoms with van der Waals surface area (Å²) in [6, 6.07) is 16.3. The molecule has 10 heteroatoms. The Labute approximate surface area is 212 Å². The van der Waals surface area contributed by atoms with Crippen LogP contribution in [0, 0.1) is 11.3 Å². The molecular weight excluding hydrogens is 549 g/mol. The number of anilines is 1. The monoisotopic (exact) mass is 564 g/mol. The van der Waals surface area contributed by atoms with Crippen LogP contribution in [0.15, 0.2) is 70.7 Å². The Hall–Kier alpha value is -3.48. The Morgan fingerprint density at radius 3 is 2.54 bits per heavy atom. The number of ether oxygens (including phenoxy) is 2. The van der Waals surface area contributed by atoms with Gasteiger partial charge in [-0.25, -0.2) is 0 Å². The van der Waals surface area contributed by atoms with E-state index in [-0.39, 0.29) is 17.9 Å². The molecule has 3 rings (SSSR count). The number of benzene rings is 3. The first-order chi connectivity index (χ1) is 16.6. The van der Waals surface area contributed by atoms with E-state index in [9.17, 15) is 23.2 Å². The number of carbonyl (C=O) groups is 1. The molecular formula is C25H17BrClF3N2O3. The molecule has 0 radical (unpaired) electrons. The number of nitriles is 1. The summed E-state index contributed by atoms with van der Waals surface area (Å²) in [6.07, 6.45) is -3.28. The highest BCUT2D eigenvalue weighted by Crippen LogP contribution is 2.36. The Bertz CT molecular complexity index is 1320. The molecule has 0 aromatic heterocycles. The molecule has 0 fully saturated rings. The van der Waals surface area contributed by atoms with Crippen molar-refractivity contribution in [2.24, 2.45) is 0 Å². The molecule has 1 N–H and O–H groups in total. The molecule has 0 saturated carbocycles. The zero-order valence-electron chi connectivity index (χ0n) is 18.1. The van der Waals surface area contributed by atoms with E-state index in [1.165, 1.54) is 19.3 Å². The highest BCUT2D eigenvalue weighted by molar-refractivity contribution is 9.10. The normalized spacial score (nSPS) is 11.5. The quantitative estimate of drug-likeness (QED) is 0.242. The van der Waals surface area contributed by atoms with Gasteiger partial charge in [0.05, 0.1) is 12.7 Å². The minimum Gasteiger partial charge on any atom is -0.493 e. The lowest BCUT2D eigenvalue weighted by Gasteiger charge is -2.14. The fourth-order valence-electron chi connectivity index (χ4n) is 2.98. The zero-order chi connectivity index (χ0) is 25.6. The maximum absolute atomic E-state index is 12.9. The number of halogens is 5. The van der Waals surface area contributed by atoms with E-state index in [0.717, 1.165) is 23.8 Å². The number of amides is 1. The summed E-state index contributed by atoms with van der Waals surface area (Å²) in [7, 11) is 1.44. The highest BCUT2D eigenvalue weighted by atomic mass is 79.9. The number of carbonyl (C=O) groups excluding carboxylic acids is 1. The minimum absolute atomic E-state index is 0.0917. The maximum atomic E-state index is 12.9. The standard InChI is InChI=1S/C25H17BrClF3N2O3/c1-34-22-10-16(20(26)12-23(22)35-14-15-5-2-3-8-21(15)27)9-17(13-31)24(33)32-19-7-4-6-18(11-19)25(28,29)30/h2-12H,14H2,1H3,(H,32,33)/b17-9-. The van der Waals surface area contributed by atoms with Crippen LogP contribution in [-0.2, 0) is 17.6 Å². The van der Waals surface area contributed by atoms with Crippen LogP contribution in [0.2, 0.25) is 5.02 Å². The Morgan fingerprint density at radius 1 is 1.14 bits per heavy atom. The van der Waals surface area contributed by atoms with Gasteiger partial charge < -0.3 is 14.8 Å². The maximum Gasteiger partial charge on any atom is 0.416 e. The molecule has 0 unspecified atom stereocenters. The number of hydrogen-bond acceptors (Lipinski definition) is 4. The van der Waals surface area contributed by atoms with Crippen molar-refractivity contribution in [1.29, 1.82) is 5.26 Å². The molecule has 0 aliphatic rings. The largest absolute Gasteiger partial charge is 0.493 e. The van der Waals surface area contributed by atoms with E-state index in [0.29, 0.717) is 26.6 Å². The fourth-order valence-corrected chi connectivity index (χ4v) is 3.61. The van der Waals surface area contributed by atoms with Crippen LogP contribution in [0.3, 0.4) is 0 Å². The van der Waals surface area contributed by atoms with E-state index in [1.807, 2.05) is 12.1 Å². The van der Waals surface area contributed by atoms with Crippen molar-refractivity contribution < 1.29 is 27.4 Å². The first-order valence-corrected chi connectivity index (χ1v) is 11.1. The van der Waals surface area contributed by atoms with Crippen LogP contribution in [0.25, 0.3) is 6.08 Å². The van der Waals surface area contributed by atoms with Gasteiger partial charge in [-0.15, -0.1) is 0 Å². The fraction of sp³-hybridized carbons (Fsp3) is 0.120. The Morgan fingerprint density at radius 2 is 1.89 bits per heavy atom. The zero-order valence-corrected chi connectivity index (χ0v) is 20.5. The van der Waals surface area contributed by atoms with Gasteiger partial charge in [-0.2, -0.15) is 18.4 Å².